The fourth-order valence-corrected chi connectivity index (χ4v) is 4.41. The molecule has 0 spiro atoms. The molecular weight excluding hydrogens is 375 g/mol. The first-order valence-corrected chi connectivity index (χ1v) is 10.7. The van der Waals surface area contributed by atoms with E-state index in [9.17, 15) is 14.0 Å². The zero-order valence-corrected chi connectivity index (χ0v) is 17.2. The van der Waals surface area contributed by atoms with Crippen molar-refractivity contribution in [1.29, 1.82) is 0 Å². The first-order valence-electron chi connectivity index (χ1n) is 9.82. The van der Waals surface area contributed by atoms with Crippen molar-refractivity contribution in [3.8, 4) is 0 Å². The van der Waals surface area contributed by atoms with Crippen LogP contribution < -0.4 is 5.32 Å². The number of hydrogen-bond acceptors (Lipinski definition) is 3. The van der Waals surface area contributed by atoms with E-state index >= 15 is 0 Å². The van der Waals surface area contributed by atoms with Crippen molar-refractivity contribution in [1.82, 2.24) is 10.2 Å². The minimum Gasteiger partial charge on any atom is -0.348 e. The van der Waals surface area contributed by atoms with Gasteiger partial charge in [-0.3, -0.25) is 9.59 Å². The van der Waals surface area contributed by atoms with E-state index in [4.69, 9.17) is 0 Å². The molecule has 2 aromatic rings. The number of benzene rings is 1. The Balaban J connectivity index is 1.55. The molecule has 1 aromatic carbocycles. The minimum absolute atomic E-state index is 0.0476. The highest BCUT2D eigenvalue weighted by Crippen LogP contribution is 2.27. The molecule has 0 saturated carbocycles. The number of halogens is 1. The third-order valence-corrected chi connectivity index (χ3v) is 6.14. The van der Waals surface area contributed by atoms with Crippen LogP contribution in [0.5, 0.6) is 0 Å². The van der Waals surface area contributed by atoms with Crippen molar-refractivity contribution in [2.24, 2.45) is 11.8 Å². The lowest BCUT2D eigenvalue weighted by molar-refractivity contribution is -0.127. The number of piperidine rings is 1. The van der Waals surface area contributed by atoms with Gasteiger partial charge in [-0.05, 0) is 60.9 Å². The Kier molecular flexibility index (Phi) is 6.83. The maximum absolute atomic E-state index is 13.0. The van der Waals surface area contributed by atoms with Gasteiger partial charge in [-0.1, -0.05) is 19.9 Å². The van der Waals surface area contributed by atoms with Crippen LogP contribution >= 0.6 is 11.3 Å². The van der Waals surface area contributed by atoms with Crippen molar-refractivity contribution < 1.29 is 14.0 Å². The number of thiophene rings is 1. The van der Waals surface area contributed by atoms with E-state index in [0.717, 1.165) is 6.42 Å². The first kappa shape index (κ1) is 20.5. The lowest BCUT2D eigenvalue weighted by atomic mass is 9.94. The molecule has 0 radical (unpaired) electrons. The summed E-state index contributed by atoms with van der Waals surface area (Å²) in [6.07, 6.45) is 2.21. The van der Waals surface area contributed by atoms with E-state index in [0.29, 0.717) is 37.4 Å². The van der Waals surface area contributed by atoms with Crippen LogP contribution in [0.25, 0.3) is 0 Å². The van der Waals surface area contributed by atoms with E-state index in [1.54, 1.807) is 16.2 Å². The van der Waals surface area contributed by atoms with Crippen LogP contribution in [0.15, 0.2) is 41.8 Å². The predicted molar refractivity (Wildman–Crippen MR) is 110 cm³/mol. The Morgan fingerprint density at radius 3 is 2.43 bits per heavy atom. The third-order valence-electron chi connectivity index (χ3n) is 5.15. The summed E-state index contributed by atoms with van der Waals surface area (Å²) in [4.78, 5) is 28.3. The quantitative estimate of drug-likeness (QED) is 0.765. The van der Waals surface area contributed by atoms with Gasteiger partial charge < -0.3 is 10.2 Å². The number of carbonyl (C=O) groups excluding carboxylic acids is 2. The van der Waals surface area contributed by atoms with E-state index < -0.39 is 0 Å². The topological polar surface area (TPSA) is 49.4 Å². The fraction of sp³-hybridized carbons (Fsp3) is 0.455. The van der Waals surface area contributed by atoms with Gasteiger partial charge in [0.05, 0.1) is 6.04 Å². The zero-order valence-electron chi connectivity index (χ0n) is 16.4. The Morgan fingerprint density at radius 2 is 1.86 bits per heavy atom. The Bertz CT molecular complexity index is 781. The monoisotopic (exact) mass is 402 g/mol. The summed E-state index contributed by atoms with van der Waals surface area (Å²) in [6.45, 7) is 5.41. The van der Waals surface area contributed by atoms with Crippen LogP contribution in [0, 0.1) is 17.7 Å². The molecule has 0 bridgehead atoms. The second-order valence-corrected chi connectivity index (χ2v) is 8.76. The molecule has 1 aromatic heterocycles. The molecule has 1 aliphatic heterocycles. The third kappa shape index (κ3) is 5.19. The standard InChI is InChI=1S/C22H27FN2O2S/c1-15(2)14-19(20-4-3-13-28-20)24-21(26)16-9-11-25(12-10-16)22(27)17-5-7-18(23)8-6-17/h3-8,13,15-16,19H,9-12,14H2,1-2H3,(H,24,26). The molecule has 2 heterocycles. The average molecular weight is 403 g/mol. The number of amides is 2. The van der Waals surface area contributed by atoms with Crippen LogP contribution in [0.1, 0.15) is 54.4 Å². The second kappa shape index (κ2) is 9.32. The number of hydrogen-bond donors (Lipinski definition) is 1. The number of carbonyl (C=O) groups is 2. The maximum Gasteiger partial charge on any atom is 0.253 e. The lowest BCUT2D eigenvalue weighted by Gasteiger charge is -2.32. The highest BCUT2D eigenvalue weighted by atomic mass is 32.1. The van der Waals surface area contributed by atoms with Gasteiger partial charge in [-0.2, -0.15) is 0 Å². The Labute approximate surface area is 169 Å². The summed E-state index contributed by atoms with van der Waals surface area (Å²) < 4.78 is 13.0. The summed E-state index contributed by atoms with van der Waals surface area (Å²) in [7, 11) is 0. The summed E-state index contributed by atoms with van der Waals surface area (Å²) in [6, 6.07) is 9.74. The van der Waals surface area contributed by atoms with Gasteiger partial charge in [0.1, 0.15) is 5.82 Å². The Morgan fingerprint density at radius 1 is 1.18 bits per heavy atom. The summed E-state index contributed by atoms with van der Waals surface area (Å²) in [5, 5.41) is 5.26. The Hall–Kier alpha value is -2.21. The van der Waals surface area contributed by atoms with Crippen LogP contribution in [0.2, 0.25) is 0 Å². The molecule has 3 rings (SSSR count). The molecule has 1 aliphatic rings. The molecule has 2 amide bonds. The molecular formula is C22H27FN2O2S. The van der Waals surface area contributed by atoms with Gasteiger partial charge in [0.2, 0.25) is 5.91 Å². The minimum atomic E-state index is -0.353. The van der Waals surface area contributed by atoms with Gasteiger partial charge in [-0.25, -0.2) is 4.39 Å². The van der Waals surface area contributed by atoms with Crippen molar-refractivity contribution >= 4 is 23.2 Å². The highest BCUT2D eigenvalue weighted by molar-refractivity contribution is 7.10. The van der Waals surface area contributed by atoms with Gasteiger partial charge in [-0.15, -0.1) is 11.3 Å². The van der Waals surface area contributed by atoms with E-state index in [2.05, 4.69) is 25.2 Å². The molecule has 1 atom stereocenters. The number of nitrogens with one attached hydrogen (secondary N) is 1. The summed E-state index contributed by atoms with van der Waals surface area (Å²) in [5.41, 5.74) is 0.485. The molecule has 1 unspecified atom stereocenters. The molecule has 1 N–H and O–H groups in total. The van der Waals surface area contributed by atoms with Crippen molar-refractivity contribution in [2.45, 2.75) is 39.2 Å². The molecule has 4 nitrogen and oxygen atoms in total. The van der Waals surface area contributed by atoms with Gasteiger partial charge >= 0.3 is 0 Å². The van der Waals surface area contributed by atoms with Crippen LogP contribution in [-0.2, 0) is 4.79 Å². The van der Waals surface area contributed by atoms with Gasteiger partial charge in [0.15, 0.2) is 0 Å². The predicted octanol–water partition coefficient (Wildman–Crippen LogP) is 4.64. The largest absolute Gasteiger partial charge is 0.348 e. The molecule has 6 heteroatoms. The van der Waals surface area contributed by atoms with Crippen molar-refractivity contribution in [3.63, 3.8) is 0 Å². The molecule has 1 fully saturated rings. The van der Waals surface area contributed by atoms with Crippen LogP contribution in [-0.4, -0.2) is 29.8 Å². The second-order valence-electron chi connectivity index (χ2n) is 7.78. The van der Waals surface area contributed by atoms with E-state index in [-0.39, 0.29) is 29.6 Å². The van der Waals surface area contributed by atoms with Crippen molar-refractivity contribution in [3.05, 3.63) is 58.0 Å². The van der Waals surface area contributed by atoms with Gasteiger partial charge in [0.25, 0.3) is 5.91 Å². The van der Waals surface area contributed by atoms with E-state index in [1.165, 1.54) is 29.1 Å². The van der Waals surface area contributed by atoms with Crippen LogP contribution in [0.4, 0.5) is 4.39 Å². The maximum atomic E-state index is 13.0. The lowest BCUT2D eigenvalue weighted by Crippen LogP contribution is -2.43. The normalized spacial score (nSPS) is 16.2. The first-order chi connectivity index (χ1) is 13.4. The summed E-state index contributed by atoms with van der Waals surface area (Å²) in [5.74, 6) is 0.0335. The number of likely N-dealkylation sites (tertiary alicyclic amines) is 1. The summed E-state index contributed by atoms with van der Waals surface area (Å²) >= 11 is 1.67. The smallest absolute Gasteiger partial charge is 0.253 e. The van der Waals surface area contributed by atoms with Gasteiger partial charge in [0, 0.05) is 29.4 Å². The molecule has 28 heavy (non-hydrogen) atoms. The van der Waals surface area contributed by atoms with Crippen LogP contribution in [0.3, 0.4) is 0 Å². The molecule has 0 aliphatic carbocycles. The highest BCUT2D eigenvalue weighted by Gasteiger charge is 2.29. The number of nitrogens with zero attached hydrogens (tertiary/aromatic N) is 1. The fourth-order valence-electron chi connectivity index (χ4n) is 3.62. The van der Waals surface area contributed by atoms with E-state index in [1.807, 2.05) is 11.4 Å². The zero-order chi connectivity index (χ0) is 20.1. The van der Waals surface area contributed by atoms with Crippen molar-refractivity contribution in [2.75, 3.05) is 13.1 Å². The molecule has 1 saturated heterocycles. The average Bonchev–Trinajstić information content (AvgIpc) is 3.22. The number of rotatable bonds is 6. The SMILES string of the molecule is CC(C)CC(NC(=O)C1CCN(C(=O)c2ccc(F)cc2)CC1)c1cccs1. The molecule has 150 valence electrons.